The van der Waals surface area contributed by atoms with Gasteiger partial charge in [0.2, 0.25) is 5.91 Å². The standard InChI is InChI=1S/C9H15NO.C2H6/c1-3-5-6-7-8-10-9(11)4-2;1-2/h1H,4-8H2,2H3,(H,10,11);1-2H3. The molecular weight excluding hydrogens is 162 g/mol. The van der Waals surface area contributed by atoms with Crippen molar-refractivity contribution in [2.45, 2.75) is 46.5 Å². The van der Waals surface area contributed by atoms with Crippen LogP contribution in [0.25, 0.3) is 0 Å². The van der Waals surface area contributed by atoms with E-state index in [0.29, 0.717) is 6.42 Å². The van der Waals surface area contributed by atoms with Gasteiger partial charge in [0.25, 0.3) is 0 Å². The predicted molar refractivity (Wildman–Crippen MR) is 57.3 cm³/mol. The molecule has 0 aromatic heterocycles. The predicted octanol–water partition coefficient (Wildman–Crippen LogP) is 2.34. The highest BCUT2D eigenvalue weighted by Crippen LogP contribution is 1.91. The first-order chi connectivity index (χ1) is 6.31. The second kappa shape index (κ2) is 13.6. The maximum atomic E-state index is 10.7. The van der Waals surface area contributed by atoms with E-state index in [2.05, 4.69) is 11.2 Å². The zero-order chi connectivity index (χ0) is 10.5. The number of rotatable bonds is 5. The summed E-state index contributed by atoms with van der Waals surface area (Å²) in [5, 5.41) is 2.78. The third kappa shape index (κ3) is 13.9. The molecule has 76 valence electrons. The smallest absolute Gasteiger partial charge is 0.219 e. The molecule has 0 spiro atoms. The van der Waals surface area contributed by atoms with Crippen LogP contribution < -0.4 is 5.32 Å². The van der Waals surface area contributed by atoms with Gasteiger partial charge in [-0.1, -0.05) is 20.8 Å². The van der Waals surface area contributed by atoms with E-state index in [1.165, 1.54) is 0 Å². The van der Waals surface area contributed by atoms with Gasteiger partial charge in [-0.15, -0.1) is 12.3 Å². The van der Waals surface area contributed by atoms with Crippen LogP contribution in [0.4, 0.5) is 0 Å². The van der Waals surface area contributed by atoms with Crippen molar-refractivity contribution in [2.24, 2.45) is 0 Å². The summed E-state index contributed by atoms with van der Waals surface area (Å²) in [6.45, 7) is 6.60. The van der Waals surface area contributed by atoms with Gasteiger partial charge in [0, 0.05) is 19.4 Å². The molecule has 0 saturated carbocycles. The molecule has 0 aliphatic heterocycles. The molecular formula is C11H21NO. The van der Waals surface area contributed by atoms with Crippen molar-refractivity contribution in [2.75, 3.05) is 6.54 Å². The highest BCUT2D eigenvalue weighted by atomic mass is 16.1. The second-order valence-corrected chi connectivity index (χ2v) is 2.36. The van der Waals surface area contributed by atoms with Gasteiger partial charge in [0.15, 0.2) is 0 Å². The normalized spacial score (nSPS) is 7.85. The lowest BCUT2D eigenvalue weighted by Crippen LogP contribution is -2.22. The Morgan fingerprint density at radius 2 is 2.00 bits per heavy atom. The first-order valence-electron chi connectivity index (χ1n) is 5.01. The Hall–Kier alpha value is -0.970. The number of nitrogens with one attached hydrogen (secondary N) is 1. The number of hydrogen-bond donors (Lipinski definition) is 1. The van der Waals surface area contributed by atoms with Gasteiger partial charge in [0.05, 0.1) is 0 Å². The van der Waals surface area contributed by atoms with Crippen molar-refractivity contribution in [3.63, 3.8) is 0 Å². The van der Waals surface area contributed by atoms with Gasteiger partial charge in [-0.2, -0.15) is 0 Å². The summed E-state index contributed by atoms with van der Waals surface area (Å²) in [5.41, 5.74) is 0. The van der Waals surface area contributed by atoms with Gasteiger partial charge in [0.1, 0.15) is 0 Å². The average Bonchev–Trinajstić information content (AvgIpc) is 2.20. The minimum atomic E-state index is 0.116. The Balaban J connectivity index is 0. The number of carbonyl (C=O) groups excluding carboxylic acids is 1. The van der Waals surface area contributed by atoms with Crippen LogP contribution in [-0.2, 0) is 4.79 Å². The van der Waals surface area contributed by atoms with Crippen LogP contribution in [0.1, 0.15) is 46.5 Å². The molecule has 0 saturated heterocycles. The molecule has 0 aromatic carbocycles. The summed E-state index contributed by atoms with van der Waals surface area (Å²) < 4.78 is 0. The molecule has 0 rings (SSSR count). The van der Waals surface area contributed by atoms with E-state index >= 15 is 0 Å². The zero-order valence-corrected chi connectivity index (χ0v) is 9.02. The van der Waals surface area contributed by atoms with Gasteiger partial charge < -0.3 is 5.32 Å². The number of unbranched alkanes of at least 4 members (excludes halogenated alkanes) is 2. The third-order valence-corrected chi connectivity index (χ3v) is 1.39. The summed E-state index contributed by atoms with van der Waals surface area (Å²) >= 11 is 0. The molecule has 1 N–H and O–H groups in total. The number of terminal acetylenes is 1. The molecule has 0 fully saturated rings. The van der Waals surface area contributed by atoms with Crippen LogP contribution >= 0.6 is 0 Å². The first-order valence-corrected chi connectivity index (χ1v) is 5.01. The molecule has 0 radical (unpaired) electrons. The highest BCUT2D eigenvalue weighted by molar-refractivity contribution is 5.75. The largest absolute Gasteiger partial charge is 0.356 e. The lowest BCUT2D eigenvalue weighted by Gasteiger charge is -2.00. The maximum absolute atomic E-state index is 10.7. The number of amides is 1. The lowest BCUT2D eigenvalue weighted by molar-refractivity contribution is -0.120. The molecule has 0 aliphatic rings. The van der Waals surface area contributed by atoms with Crippen LogP contribution in [0.5, 0.6) is 0 Å². The van der Waals surface area contributed by atoms with Crippen molar-refractivity contribution >= 4 is 5.91 Å². The fourth-order valence-electron chi connectivity index (χ4n) is 0.705. The molecule has 2 heteroatoms. The molecule has 2 nitrogen and oxygen atoms in total. The van der Waals surface area contributed by atoms with Crippen LogP contribution in [0.3, 0.4) is 0 Å². The summed E-state index contributed by atoms with van der Waals surface area (Å²) in [5.74, 6) is 2.67. The SMILES string of the molecule is C#CCCCCNC(=O)CC.CC. The Bertz CT molecular complexity index is 147. The minimum Gasteiger partial charge on any atom is -0.356 e. The number of hydrogen-bond acceptors (Lipinski definition) is 1. The molecule has 0 unspecified atom stereocenters. The van der Waals surface area contributed by atoms with E-state index in [0.717, 1.165) is 25.8 Å². The average molecular weight is 183 g/mol. The topological polar surface area (TPSA) is 29.1 Å². The number of carbonyl (C=O) groups is 1. The van der Waals surface area contributed by atoms with Gasteiger partial charge in [-0.25, -0.2) is 0 Å². The van der Waals surface area contributed by atoms with E-state index < -0.39 is 0 Å². The summed E-state index contributed by atoms with van der Waals surface area (Å²) in [6, 6.07) is 0. The van der Waals surface area contributed by atoms with Gasteiger partial charge >= 0.3 is 0 Å². The van der Waals surface area contributed by atoms with Gasteiger partial charge in [-0.3, -0.25) is 4.79 Å². The molecule has 1 amide bonds. The monoisotopic (exact) mass is 183 g/mol. The highest BCUT2D eigenvalue weighted by Gasteiger charge is 1.93. The van der Waals surface area contributed by atoms with E-state index in [1.807, 2.05) is 20.8 Å². The fraction of sp³-hybridized carbons (Fsp3) is 0.727. The summed E-state index contributed by atoms with van der Waals surface area (Å²) in [6.07, 6.45) is 8.41. The van der Waals surface area contributed by atoms with Crippen molar-refractivity contribution < 1.29 is 4.79 Å². The van der Waals surface area contributed by atoms with Crippen LogP contribution in [0, 0.1) is 12.3 Å². The third-order valence-electron chi connectivity index (χ3n) is 1.39. The van der Waals surface area contributed by atoms with Crippen molar-refractivity contribution in [3.8, 4) is 12.3 Å². The minimum absolute atomic E-state index is 0.116. The molecule has 0 aromatic rings. The van der Waals surface area contributed by atoms with Gasteiger partial charge in [-0.05, 0) is 12.8 Å². The Morgan fingerprint density at radius 1 is 1.38 bits per heavy atom. The maximum Gasteiger partial charge on any atom is 0.219 e. The van der Waals surface area contributed by atoms with Crippen LogP contribution in [0.2, 0.25) is 0 Å². The van der Waals surface area contributed by atoms with E-state index in [4.69, 9.17) is 6.42 Å². The van der Waals surface area contributed by atoms with Crippen LogP contribution in [0.15, 0.2) is 0 Å². The molecule has 0 heterocycles. The molecule has 0 bridgehead atoms. The van der Waals surface area contributed by atoms with Crippen molar-refractivity contribution in [1.29, 1.82) is 0 Å². The molecule has 0 aliphatic carbocycles. The Labute approximate surface area is 82.1 Å². The van der Waals surface area contributed by atoms with Crippen LogP contribution in [-0.4, -0.2) is 12.5 Å². The summed E-state index contributed by atoms with van der Waals surface area (Å²) in [7, 11) is 0. The Morgan fingerprint density at radius 3 is 2.46 bits per heavy atom. The quantitative estimate of drug-likeness (QED) is 0.514. The lowest BCUT2D eigenvalue weighted by atomic mass is 10.2. The zero-order valence-electron chi connectivity index (χ0n) is 9.02. The first kappa shape index (κ1) is 14.5. The van der Waals surface area contributed by atoms with E-state index in [1.54, 1.807) is 0 Å². The fourth-order valence-corrected chi connectivity index (χ4v) is 0.705. The van der Waals surface area contributed by atoms with Crippen molar-refractivity contribution in [1.82, 2.24) is 5.32 Å². The van der Waals surface area contributed by atoms with E-state index in [9.17, 15) is 4.79 Å². The van der Waals surface area contributed by atoms with E-state index in [-0.39, 0.29) is 5.91 Å². The second-order valence-electron chi connectivity index (χ2n) is 2.36. The molecule has 13 heavy (non-hydrogen) atoms. The Kier molecular flexibility index (Phi) is 15.2. The molecule has 0 atom stereocenters. The summed E-state index contributed by atoms with van der Waals surface area (Å²) in [4.78, 5) is 10.7. The van der Waals surface area contributed by atoms with Crippen molar-refractivity contribution in [3.05, 3.63) is 0 Å².